The number of nitrogens with two attached hydrogens (primary N) is 1. The third kappa shape index (κ3) is 1.50. The van der Waals surface area contributed by atoms with E-state index in [1.54, 1.807) is 0 Å². The highest BCUT2D eigenvalue weighted by Gasteiger charge is 2.34. The van der Waals surface area contributed by atoms with Crippen LogP contribution in [0.3, 0.4) is 0 Å². The maximum absolute atomic E-state index is 10.5. The molecule has 58 valence electrons. The molecule has 10 heavy (non-hydrogen) atoms. The van der Waals surface area contributed by atoms with Gasteiger partial charge in [0, 0.05) is 0 Å². The molecule has 6 nitrogen and oxygen atoms in total. The number of nitrogens with one attached hydrogen (secondary N) is 1. The fourth-order valence-electron chi connectivity index (χ4n) is 0.328. The fourth-order valence-corrected chi connectivity index (χ4v) is 0.328. The van der Waals surface area contributed by atoms with Gasteiger partial charge in [-0.2, -0.15) is 5.90 Å². The van der Waals surface area contributed by atoms with Crippen molar-refractivity contribution in [1.29, 1.82) is 0 Å². The van der Waals surface area contributed by atoms with Crippen LogP contribution in [0.15, 0.2) is 4.99 Å². The van der Waals surface area contributed by atoms with Gasteiger partial charge in [-0.3, -0.25) is 5.32 Å². The summed E-state index contributed by atoms with van der Waals surface area (Å²) in [4.78, 5) is 17.3. The minimum atomic E-state index is -2.13. The zero-order chi connectivity index (χ0) is 8.20. The molecule has 0 aromatic rings. The Morgan fingerprint density at radius 2 is 2.50 bits per heavy atom. The van der Waals surface area contributed by atoms with Crippen LogP contribution < -0.4 is 11.2 Å². The van der Waals surface area contributed by atoms with Crippen LogP contribution in [0.2, 0.25) is 0 Å². The first-order valence-corrected chi connectivity index (χ1v) is 2.41. The molecule has 0 aliphatic rings. The Morgan fingerprint density at radius 3 is 2.60 bits per heavy atom. The summed E-state index contributed by atoms with van der Waals surface area (Å²) in [5.41, 5.74) is 0. The summed E-state index contributed by atoms with van der Waals surface area (Å²) in [5.74, 6) is 1.24. The largest absolute Gasteiger partial charge is 0.396 e. The second-order valence-electron chi connectivity index (χ2n) is 1.49. The van der Waals surface area contributed by atoms with Gasteiger partial charge in [0.25, 0.3) is 0 Å². The normalized spacial score (nSPS) is 15.5. The van der Waals surface area contributed by atoms with Gasteiger partial charge in [-0.25, -0.2) is 9.79 Å². The average molecular weight is 147 g/mol. The SMILES string of the molecule is C=NC(O)(NC)C(=O)ON. The molecule has 0 heterocycles. The Bertz CT molecular complexity index is 149. The van der Waals surface area contributed by atoms with Gasteiger partial charge >= 0.3 is 11.8 Å². The molecule has 4 N–H and O–H groups in total. The van der Waals surface area contributed by atoms with Gasteiger partial charge in [-0.05, 0) is 13.8 Å². The number of hydrogen-bond donors (Lipinski definition) is 3. The summed E-state index contributed by atoms with van der Waals surface area (Å²) in [6.07, 6.45) is 0. The number of aliphatic imine (C=N–C) groups is 1. The molecular formula is C4H9N3O3. The number of nitrogens with zero attached hydrogens (tertiary/aromatic N) is 1. The molecule has 6 heteroatoms. The van der Waals surface area contributed by atoms with Crippen LogP contribution in [0.25, 0.3) is 0 Å². The van der Waals surface area contributed by atoms with Crippen molar-refractivity contribution in [3.63, 3.8) is 0 Å². The van der Waals surface area contributed by atoms with Crippen molar-refractivity contribution in [2.45, 2.75) is 5.85 Å². The van der Waals surface area contributed by atoms with Crippen LogP contribution in [0.1, 0.15) is 0 Å². The molecule has 1 unspecified atom stereocenters. The molecular weight excluding hydrogens is 138 g/mol. The van der Waals surface area contributed by atoms with Crippen molar-refractivity contribution in [1.82, 2.24) is 5.32 Å². The van der Waals surface area contributed by atoms with Crippen molar-refractivity contribution in [2.24, 2.45) is 10.9 Å². The van der Waals surface area contributed by atoms with Gasteiger partial charge < -0.3 is 9.94 Å². The molecule has 0 amide bonds. The molecule has 0 saturated heterocycles. The smallest absolute Gasteiger partial charge is 0.369 e. The summed E-state index contributed by atoms with van der Waals surface area (Å²) >= 11 is 0. The molecule has 0 rings (SSSR count). The Balaban J connectivity index is 4.31. The standard InChI is InChI=1S/C4H9N3O3/c1-6-4(9,7-2)3(8)10-5/h7,9H,1,5H2,2H3. The van der Waals surface area contributed by atoms with Crippen molar-refractivity contribution >= 4 is 12.7 Å². The molecule has 0 bridgehead atoms. The molecule has 0 saturated carbocycles. The Hall–Kier alpha value is -0.980. The van der Waals surface area contributed by atoms with E-state index >= 15 is 0 Å². The first-order chi connectivity index (χ1) is 4.60. The molecule has 0 aromatic carbocycles. The lowest BCUT2D eigenvalue weighted by Gasteiger charge is -2.17. The average Bonchev–Trinajstić information content (AvgIpc) is 2.01. The predicted octanol–water partition coefficient (Wildman–Crippen LogP) is -2.03. The van der Waals surface area contributed by atoms with Gasteiger partial charge in [0.15, 0.2) is 0 Å². The third-order valence-electron chi connectivity index (χ3n) is 0.969. The van der Waals surface area contributed by atoms with E-state index in [1.165, 1.54) is 7.05 Å². The fraction of sp³-hybridized carbons (Fsp3) is 0.500. The molecule has 0 fully saturated rings. The summed E-state index contributed by atoms with van der Waals surface area (Å²) in [5, 5.41) is 11.2. The van der Waals surface area contributed by atoms with Crippen LogP contribution in [0.4, 0.5) is 0 Å². The highest BCUT2D eigenvalue weighted by molar-refractivity contribution is 5.78. The Labute approximate surface area is 57.6 Å². The topological polar surface area (TPSA) is 96.9 Å². The monoisotopic (exact) mass is 147 g/mol. The number of carbonyl (C=O) groups is 1. The maximum atomic E-state index is 10.5. The Kier molecular flexibility index (Phi) is 2.94. The number of rotatable bonds is 3. The van der Waals surface area contributed by atoms with Crippen LogP contribution in [0, 0.1) is 0 Å². The summed E-state index contributed by atoms with van der Waals surface area (Å²) in [6.45, 7) is 2.95. The molecule has 1 atom stereocenters. The number of likely N-dealkylation sites (N-methyl/N-ethyl adjacent to an activating group) is 1. The third-order valence-corrected chi connectivity index (χ3v) is 0.969. The van der Waals surface area contributed by atoms with Crippen molar-refractivity contribution < 1.29 is 14.7 Å². The van der Waals surface area contributed by atoms with E-state index in [4.69, 9.17) is 5.11 Å². The summed E-state index contributed by atoms with van der Waals surface area (Å²) in [6, 6.07) is 0. The van der Waals surface area contributed by atoms with E-state index in [2.05, 4.69) is 27.8 Å². The van der Waals surface area contributed by atoms with Crippen LogP contribution in [0.5, 0.6) is 0 Å². The second-order valence-corrected chi connectivity index (χ2v) is 1.49. The first-order valence-electron chi connectivity index (χ1n) is 2.41. The lowest BCUT2D eigenvalue weighted by Crippen LogP contribution is -2.50. The van der Waals surface area contributed by atoms with E-state index in [0.717, 1.165) is 0 Å². The Morgan fingerprint density at radius 1 is 2.00 bits per heavy atom. The van der Waals surface area contributed by atoms with Gasteiger partial charge in [0.05, 0.1) is 0 Å². The van der Waals surface area contributed by atoms with E-state index in [0.29, 0.717) is 0 Å². The zero-order valence-corrected chi connectivity index (χ0v) is 5.50. The molecule has 0 aliphatic heterocycles. The summed E-state index contributed by atoms with van der Waals surface area (Å²) in [7, 11) is 1.31. The van der Waals surface area contributed by atoms with E-state index < -0.39 is 11.8 Å². The number of aliphatic hydroxyl groups is 1. The van der Waals surface area contributed by atoms with E-state index in [9.17, 15) is 4.79 Å². The summed E-state index contributed by atoms with van der Waals surface area (Å²) < 4.78 is 0. The van der Waals surface area contributed by atoms with Gasteiger partial charge in [-0.1, -0.05) is 0 Å². The second kappa shape index (κ2) is 3.25. The van der Waals surface area contributed by atoms with Crippen molar-refractivity contribution in [3.8, 4) is 0 Å². The van der Waals surface area contributed by atoms with Crippen molar-refractivity contribution in [3.05, 3.63) is 0 Å². The lowest BCUT2D eigenvalue weighted by atomic mass is 10.4. The van der Waals surface area contributed by atoms with Crippen LogP contribution >= 0.6 is 0 Å². The maximum Gasteiger partial charge on any atom is 0.396 e. The lowest BCUT2D eigenvalue weighted by molar-refractivity contribution is -0.168. The molecule has 0 aromatic heterocycles. The van der Waals surface area contributed by atoms with Gasteiger partial charge in [0.2, 0.25) is 0 Å². The highest BCUT2D eigenvalue weighted by atomic mass is 16.7. The molecule has 0 spiro atoms. The predicted molar refractivity (Wildman–Crippen MR) is 33.8 cm³/mol. The quantitative estimate of drug-likeness (QED) is 0.243. The van der Waals surface area contributed by atoms with Gasteiger partial charge in [-0.15, -0.1) is 0 Å². The number of hydrogen-bond acceptors (Lipinski definition) is 6. The first kappa shape index (κ1) is 9.02. The van der Waals surface area contributed by atoms with E-state index in [1.807, 2.05) is 0 Å². The molecule has 0 aliphatic carbocycles. The zero-order valence-electron chi connectivity index (χ0n) is 5.50. The highest BCUT2D eigenvalue weighted by Crippen LogP contribution is 2.00. The van der Waals surface area contributed by atoms with E-state index in [-0.39, 0.29) is 0 Å². The number of carbonyl (C=O) groups excluding carboxylic acids is 1. The minimum absolute atomic E-state index is 1.11. The van der Waals surface area contributed by atoms with Crippen LogP contribution in [-0.4, -0.2) is 30.7 Å². The van der Waals surface area contributed by atoms with Crippen LogP contribution in [-0.2, 0) is 9.63 Å². The van der Waals surface area contributed by atoms with Gasteiger partial charge in [0.1, 0.15) is 0 Å². The minimum Gasteiger partial charge on any atom is -0.369 e. The molecule has 0 radical (unpaired) electrons. The van der Waals surface area contributed by atoms with Crippen molar-refractivity contribution in [2.75, 3.05) is 7.05 Å².